The molecule has 1 aromatic heterocycles. The highest BCUT2D eigenvalue weighted by Gasteiger charge is 2.26. The number of nitrogen functional groups attached to an aromatic ring is 1. The maximum Gasteiger partial charge on any atom is 0.270 e. The fraction of sp³-hybridized carbons (Fsp3) is 0.235. The van der Waals surface area contributed by atoms with E-state index in [0.29, 0.717) is 18.5 Å². The van der Waals surface area contributed by atoms with Crippen LogP contribution >= 0.6 is 11.3 Å². The number of carbonyl (C=O) groups excluding carboxylic acids is 2. The van der Waals surface area contributed by atoms with Crippen LogP contribution in [0, 0.1) is 18.2 Å². The second-order valence-electron chi connectivity index (χ2n) is 5.50. The summed E-state index contributed by atoms with van der Waals surface area (Å²) >= 11 is 0.986. The van der Waals surface area contributed by atoms with Crippen molar-refractivity contribution in [2.75, 3.05) is 19.3 Å². The van der Waals surface area contributed by atoms with Crippen LogP contribution in [0.3, 0.4) is 0 Å². The van der Waals surface area contributed by atoms with Crippen LogP contribution in [-0.2, 0) is 4.79 Å². The summed E-state index contributed by atoms with van der Waals surface area (Å²) in [6.07, 6.45) is 5.11. The Labute approximate surface area is 153 Å². The largest absolute Gasteiger partial charge is 0.389 e. The fourth-order valence-corrected chi connectivity index (χ4v) is 3.06. The average molecular weight is 376 g/mol. The number of rotatable bonds is 2. The third-order valence-corrected chi connectivity index (χ3v) is 4.57. The molecule has 0 radical (unpaired) electrons. The number of carbonyl (C=O) groups is 2. The summed E-state index contributed by atoms with van der Waals surface area (Å²) in [6.45, 7) is 0.694. The van der Waals surface area contributed by atoms with Crippen LogP contribution < -0.4 is 11.5 Å². The number of aromatic nitrogens is 1. The van der Waals surface area contributed by atoms with Gasteiger partial charge in [0.05, 0.1) is 0 Å². The van der Waals surface area contributed by atoms with Crippen molar-refractivity contribution >= 4 is 28.2 Å². The molecule has 1 aliphatic rings. The lowest BCUT2D eigenvalue weighted by atomic mass is 10.1. The molecule has 0 aliphatic carbocycles. The number of likely N-dealkylation sites (N-methyl/N-ethyl adjacent to an activating group) is 1. The van der Waals surface area contributed by atoms with E-state index in [1.807, 2.05) is 0 Å². The van der Waals surface area contributed by atoms with Gasteiger partial charge in [-0.05, 0) is 24.6 Å². The summed E-state index contributed by atoms with van der Waals surface area (Å²) in [6, 6.07) is 4.19. The molecular weight excluding hydrogens is 359 g/mol. The Morgan fingerprint density at radius 3 is 2.65 bits per heavy atom. The lowest BCUT2D eigenvalue weighted by Gasteiger charge is -2.04. The summed E-state index contributed by atoms with van der Waals surface area (Å²) in [7, 11) is 1.69. The monoisotopic (exact) mass is 376 g/mol. The molecule has 3 rings (SSSR count). The number of likely N-dealkylation sites (tertiary alicyclic amines) is 1. The van der Waals surface area contributed by atoms with E-state index < -0.39 is 17.8 Å². The number of nitrogens with two attached hydrogens (primary N) is 2. The van der Waals surface area contributed by atoms with Gasteiger partial charge < -0.3 is 21.5 Å². The van der Waals surface area contributed by atoms with Crippen molar-refractivity contribution in [3.63, 3.8) is 0 Å². The molecule has 2 aromatic rings. The van der Waals surface area contributed by atoms with Crippen molar-refractivity contribution in [2.45, 2.75) is 12.5 Å². The third kappa shape index (κ3) is 4.17. The number of aliphatic hydroxyl groups excluding tert-OH is 1. The molecule has 1 unspecified atom stereocenters. The van der Waals surface area contributed by atoms with Crippen LogP contribution in [0.1, 0.15) is 22.5 Å². The van der Waals surface area contributed by atoms with Gasteiger partial charge in [-0.2, -0.15) is 0 Å². The van der Waals surface area contributed by atoms with Gasteiger partial charge in [0.1, 0.15) is 21.9 Å². The second-order valence-corrected chi connectivity index (χ2v) is 6.53. The van der Waals surface area contributed by atoms with Crippen LogP contribution in [0.25, 0.3) is 10.6 Å². The molecule has 9 heteroatoms. The van der Waals surface area contributed by atoms with Gasteiger partial charge in [0, 0.05) is 24.7 Å². The fourth-order valence-electron chi connectivity index (χ4n) is 2.21. The number of anilines is 1. The Morgan fingerprint density at radius 2 is 2.23 bits per heavy atom. The van der Waals surface area contributed by atoms with Gasteiger partial charge in [-0.25, -0.2) is 9.37 Å². The molecule has 7 nitrogen and oxygen atoms in total. The molecule has 1 saturated heterocycles. The Balaban J connectivity index is 0.000000254. The number of primary amides is 1. The van der Waals surface area contributed by atoms with Gasteiger partial charge in [-0.3, -0.25) is 9.59 Å². The molecule has 1 aliphatic heterocycles. The van der Waals surface area contributed by atoms with Gasteiger partial charge in [-0.1, -0.05) is 17.3 Å². The van der Waals surface area contributed by atoms with E-state index in [-0.39, 0.29) is 27.2 Å². The number of terminal acetylenes is 1. The van der Waals surface area contributed by atoms with Gasteiger partial charge >= 0.3 is 0 Å². The van der Waals surface area contributed by atoms with Gasteiger partial charge in [-0.15, -0.1) is 6.42 Å². The molecule has 1 aromatic carbocycles. The highest BCUT2D eigenvalue weighted by Crippen LogP contribution is 2.31. The summed E-state index contributed by atoms with van der Waals surface area (Å²) in [4.78, 5) is 27.1. The highest BCUT2D eigenvalue weighted by molar-refractivity contribution is 7.19. The van der Waals surface area contributed by atoms with Crippen molar-refractivity contribution in [1.82, 2.24) is 9.88 Å². The summed E-state index contributed by atoms with van der Waals surface area (Å²) in [5, 5.41) is 9.21. The number of hydrogen-bond acceptors (Lipinski definition) is 6. The minimum Gasteiger partial charge on any atom is -0.389 e. The zero-order valence-electron chi connectivity index (χ0n) is 13.9. The first-order chi connectivity index (χ1) is 12.2. The Hall–Kier alpha value is -2.96. The molecule has 1 fully saturated rings. The van der Waals surface area contributed by atoms with Crippen molar-refractivity contribution in [1.29, 1.82) is 0 Å². The number of hydrogen-bond donors (Lipinski definition) is 3. The van der Waals surface area contributed by atoms with Crippen LogP contribution in [0.15, 0.2) is 18.2 Å². The van der Waals surface area contributed by atoms with Crippen LogP contribution in [-0.4, -0.2) is 46.5 Å². The highest BCUT2D eigenvalue weighted by atomic mass is 32.1. The first kappa shape index (κ1) is 19.4. The first-order valence-corrected chi connectivity index (χ1v) is 8.32. The Morgan fingerprint density at radius 1 is 1.54 bits per heavy atom. The quantitative estimate of drug-likeness (QED) is 0.670. The van der Waals surface area contributed by atoms with E-state index >= 15 is 0 Å². The molecule has 2 heterocycles. The van der Waals surface area contributed by atoms with Crippen molar-refractivity contribution < 1.29 is 19.1 Å². The average Bonchev–Trinajstić information content (AvgIpc) is 3.13. The minimum absolute atomic E-state index is 0.0551. The van der Waals surface area contributed by atoms with Crippen LogP contribution in [0.2, 0.25) is 0 Å². The number of nitrogens with zero attached hydrogens (tertiary/aromatic N) is 2. The molecule has 2 amide bonds. The molecule has 1 atom stereocenters. The van der Waals surface area contributed by atoms with E-state index in [0.717, 1.165) is 11.3 Å². The number of aliphatic hydroxyl groups is 1. The predicted molar refractivity (Wildman–Crippen MR) is 96.6 cm³/mol. The van der Waals surface area contributed by atoms with Crippen LogP contribution in [0.4, 0.5) is 9.39 Å². The Kier molecular flexibility index (Phi) is 5.92. The molecule has 0 saturated carbocycles. The number of thiazole rings is 1. The van der Waals surface area contributed by atoms with Gasteiger partial charge in [0.2, 0.25) is 0 Å². The zero-order valence-corrected chi connectivity index (χ0v) is 14.7. The summed E-state index contributed by atoms with van der Waals surface area (Å²) in [5.74, 6) is 1.01. The zero-order chi connectivity index (χ0) is 19.4. The molecular formula is C17H17FN4O3S. The normalized spacial score (nSPS) is 16.0. The van der Waals surface area contributed by atoms with E-state index in [9.17, 15) is 14.0 Å². The Bertz CT molecular complexity index is 879. The van der Waals surface area contributed by atoms with Crippen LogP contribution in [0.5, 0.6) is 0 Å². The third-order valence-electron chi connectivity index (χ3n) is 3.65. The topological polar surface area (TPSA) is 123 Å². The number of halogens is 1. The lowest BCUT2D eigenvalue weighted by molar-refractivity contribution is -0.133. The van der Waals surface area contributed by atoms with Crippen molar-refractivity contribution in [2.24, 2.45) is 5.73 Å². The first-order valence-electron chi connectivity index (χ1n) is 7.50. The SMILES string of the molecule is C#Cc1ccc(F)c(-c2nc(C(N)=O)c(N)s2)c1.CN1CCC(O)C1=O. The molecule has 26 heavy (non-hydrogen) atoms. The number of benzene rings is 1. The molecule has 136 valence electrons. The summed E-state index contributed by atoms with van der Waals surface area (Å²) in [5.41, 5.74) is 11.4. The molecule has 5 N–H and O–H groups in total. The number of amides is 2. The van der Waals surface area contributed by atoms with E-state index in [1.54, 1.807) is 7.05 Å². The molecule has 0 spiro atoms. The minimum atomic E-state index is -0.747. The smallest absolute Gasteiger partial charge is 0.270 e. The molecule has 0 bridgehead atoms. The van der Waals surface area contributed by atoms with Gasteiger partial charge in [0.25, 0.3) is 11.8 Å². The van der Waals surface area contributed by atoms with E-state index in [1.165, 1.54) is 23.1 Å². The predicted octanol–water partition coefficient (Wildman–Crippen LogP) is 0.821. The van der Waals surface area contributed by atoms with E-state index in [2.05, 4.69) is 10.9 Å². The maximum absolute atomic E-state index is 13.7. The maximum atomic E-state index is 13.7. The standard InChI is InChI=1S/C12H8FN3OS.C5H9NO2/c1-2-6-3-4-8(13)7(5-6)12-16-9(10(14)17)11(15)18-12;1-6-3-2-4(7)5(6)8/h1,3-5H,15H2,(H2,14,17);4,7H,2-3H2,1H3. The lowest BCUT2D eigenvalue weighted by Crippen LogP contribution is -2.24. The van der Waals surface area contributed by atoms with E-state index in [4.69, 9.17) is 23.0 Å². The van der Waals surface area contributed by atoms with Crippen molar-refractivity contribution in [3.8, 4) is 22.9 Å². The summed E-state index contributed by atoms with van der Waals surface area (Å²) < 4.78 is 13.7. The van der Waals surface area contributed by atoms with Gasteiger partial charge in [0.15, 0.2) is 5.69 Å². The van der Waals surface area contributed by atoms with Crippen molar-refractivity contribution in [3.05, 3.63) is 35.3 Å². The second kappa shape index (κ2) is 7.95.